The van der Waals surface area contributed by atoms with E-state index < -0.39 is 17.7 Å². The summed E-state index contributed by atoms with van der Waals surface area (Å²) in [6, 6.07) is 9.17. The number of ether oxygens (including phenoxy) is 3. The SMILES string of the molecule is COC(=O)COc1cccc(-c2csc(-c3cc(C(=N)NC(=O)OC(C)(C)C)sc3C)n2)c1. The lowest BCUT2D eigenvalue weighted by Gasteiger charge is -2.19. The average Bonchev–Trinajstić information content (AvgIpc) is 3.37. The van der Waals surface area contributed by atoms with Crippen LogP contribution in [0, 0.1) is 12.3 Å². The molecule has 0 spiro atoms. The van der Waals surface area contributed by atoms with Gasteiger partial charge in [-0.3, -0.25) is 10.7 Å². The van der Waals surface area contributed by atoms with Crippen LogP contribution < -0.4 is 10.1 Å². The van der Waals surface area contributed by atoms with Crippen LogP contribution in [0.15, 0.2) is 35.7 Å². The normalized spacial score (nSPS) is 11.1. The Kier molecular flexibility index (Phi) is 7.50. The molecule has 174 valence electrons. The van der Waals surface area contributed by atoms with Crippen molar-refractivity contribution in [1.29, 1.82) is 5.41 Å². The van der Waals surface area contributed by atoms with Crippen LogP contribution in [0.25, 0.3) is 21.8 Å². The number of hydrogen-bond acceptors (Lipinski definition) is 9. The molecule has 2 heterocycles. The average molecular weight is 488 g/mol. The van der Waals surface area contributed by atoms with E-state index in [1.165, 1.54) is 29.8 Å². The third-order valence-corrected chi connectivity index (χ3v) is 6.18. The van der Waals surface area contributed by atoms with E-state index in [4.69, 9.17) is 19.9 Å². The standard InChI is InChI=1S/C23H25N3O5S2/c1-13-16(10-18(33-13)20(24)26-22(28)31-23(2,3)4)21-25-17(12-32-21)14-7-6-8-15(9-14)30-11-19(27)29-5/h6-10,12H,11H2,1-5H3,(H2,24,26,28). The van der Waals surface area contributed by atoms with Gasteiger partial charge in [0.2, 0.25) is 0 Å². The van der Waals surface area contributed by atoms with Gasteiger partial charge < -0.3 is 14.2 Å². The first-order chi connectivity index (χ1) is 15.6. The monoisotopic (exact) mass is 487 g/mol. The molecule has 0 saturated heterocycles. The first-order valence-electron chi connectivity index (χ1n) is 10.0. The number of aromatic nitrogens is 1. The number of amidine groups is 1. The number of carbonyl (C=O) groups is 2. The number of aryl methyl sites for hydroxylation is 1. The lowest BCUT2D eigenvalue weighted by Crippen LogP contribution is -2.36. The minimum absolute atomic E-state index is 0.0177. The Hall–Kier alpha value is -3.24. The molecular formula is C23H25N3O5S2. The number of benzene rings is 1. The molecule has 2 aromatic heterocycles. The molecule has 0 aliphatic carbocycles. The van der Waals surface area contributed by atoms with E-state index >= 15 is 0 Å². The maximum absolute atomic E-state index is 12.0. The molecule has 0 bridgehead atoms. The minimum Gasteiger partial charge on any atom is -0.482 e. The highest BCUT2D eigenvalue weighted by molar-refractivity contribution is 7.16. The van der Waals surface area contributed by atoms with E-state index in [0.29, 0.717) is 10.6 Å². The van der Waals surface area contributed by atoms with E-state index in [-0.39, 0.29) is 12.4 Å². The summed E-state index contributed by atoms with van der Waals surface area (Å²) in [6.07, 6.45) is -0.661. The van der Waals surface area contributed by atoms with Crippen molar-refractivity contribution in [2.24, 2.45) is 0 Å². The summed E-state index contributed by atoms with van der Waals surface area (Å²) in [5, 5.41) is 13.4. The van der Waals surface area contributed by atoms with Gasteiger partial charge in [0.05, 0.1) is 17.7 Å². The number of thiophene rings is 1. The topological polar surface area (TPSA) is 111 Å². The Morgan fingerprint density at radius 2 is 1.97 bits per heavy atom. The molecule has 8 nitrogen and oxygen atoms in total. The first-order valence-corrected chi connectivity index (χ1v) is 11.7. The predicted molar refractivity (Wildman–Crippen MR) is 129 cm³/mol. The summed E-state index contributed by atoms with van der Waals surface area (Å²) in [6.45, 7) is 7.09. The molecule has 0 fully saturated rings. The van der Waals surface area contributed by atoms with Gasteiger partial charge in [0, 0.05) is 21.4 Å². The maximum Gasteiger partial charge on any atom is 0.413 e. The van der Waals surface area contributed by atoms with Crippen LogP contribution in [-0.2, 0) is 14.3 Å². The zero-order valence-electron chi connectivity index (χ0n) is 19.0. The highest BCUT2D eigenvalue weighted by Crippen LogP contribution is 2.35. The van der Waals surface area contributed by atoms with Gasteiger partial charge >= 0.3 is 12.1 Å². The first kappa shape index (κ1) is 24.4. The van der Waals surface area contributed by atoms with Crippen molar-refractivity contribution in [3.8, 4) is 27.6 Å². The molecule has 0 saturated carbocycles. The third kappa shape index (κ3) is 6.62. The Morgan fingerprint density at radius 1 is 1.21 bits per heavy atom. The van der Waals surface area contributed by atoms with Gasteiger partial charge in [0.15, 0.2) is 6.61 Å². The lowest BCUT2D eigenvalue weighted by atomic mass is 10.1. The van der Waals surface area contributed by atoms with Crippen LogP contribution in [0.4, 0.5) is 4.79 Å². The van der Waals surface area contributed by atoms with Crippen LogP contribution in [0.1, 0.15) is 30.5 Å². The number of nitrogens with one attached hydrogen (secondary N) is 2. The van der Waals surface area contributed by atoms with Crippen LogP contribution in [0.2, 0.25) is 0 Å². The molecule has 33 heavy (non-hydrogen) atoms. The van der Waals surface area contributed by atoms with Gasteiger partial charge in [-0.15, -0.1) is 22.7 Å². The Labute approximate surface area is 200 Å². The van der Waals surface area contributed by atoms with E-state index in [9.17, 15) is 9.59 Å². The van der Waals surface area contributed by atoms with Crippen molar-refractivity contribution in [2.75, 3.05) is 13.7 Å². The van der Waals surface area contributed by atoms with Crippen LogP contribution in [-0.4, -0.2) is 42.2 Å². The molecule has 3 rings (SSSR count). The van der Waals surface area contributed by atoms with Gasteiger partial charge in [0.25, 0.3) is 0 Å². The Balaban J connectivity index is 1.75. The van der Waals surface area contributed by atoms with Gasteiger partial charge in [-0.1, -0.05) is 12.1 Å². The van der Waals surface area contributed by atoms with Crippen molar-refractivity contribution in [3.05, 3.63) is 45.5 Å². The van der Waals surface area contributed by atoms with Gasteiger partial charge in [-0.25, -0.2) is 14.6 Å². The molecule has 3 aromatic rings. The van der Waals surface area contributed by atoms with E-state index in [1.807, 2.05) is 36.6 Å². The van der Waals surface area contributed by atoms with Crippen LogP contribution >= 0.6 is 22.7 Å². The summed E-state index contributed by atoms with van der Waals surface area (Å²) < 4.78 is 15.3. The molecular weight excluding hydrogens is 462 g/mol. The van der Waals surface area contributed by atoms with Gasteiger partial charge in [-0.2, -0.15) is 0 Å². The van der Waals surface area contributed by atoms with Crippen molar-refractivity contribution in [3.63, 3.8) is 0 Å². The Bertz CT molecular complexity index is 1180. The van der Waals surface area contributed by atoms with Crippen molar-refractivity contribution >= 4 is 40.6 Å². The Morgan fingerprint density at radius 3 is 2.67 bits per heavy atom. The maximum atomic E-state index is 12.0. The predicted octanol–water partition coefficient (Wildman–Crippen LogP) is 5.25. The second-order valence-corrected chi connectivity index (χ2v) is 10.1. The summed E-state index contributed by atoms with van der Waals surface area (Å²) in [5.41, 5.74) is 1.89. The number of amides is 1. The number of carbonyl (C=O) groups excluding carboxylic acids is 2. The molecule has 0 aliphatic rings. The molecule has 0 atom stereocenters. The zero-order valence-corrected chi connectivity index (χ0v) is 20.6. The summed E-state index contributed by atoms with van der Waals surface area (Å²) in [7, 11) is 1.31. The zero-order chi connectivity index (χ0) is 24.2. The van der Waals surface area contributed by atoms with Crippen LogP contribution in [0.5, 0.6) is 5.75 Å². The fourth-order valence-electron chi connectivity index (χ4n) is 2.76. The molecule has 0 unspecified atom stereocenters. The summed E-state index contributed by atoms with van der Waals surface area (Å²) >= 11 is 2.89. The molecule has 2 N–H and O–H groups in total. The molecule has 1 amide bonds. The number of esters is 1. The summed E-state index contributed by atoms with van der Waals surface area (Å²) in [4.78, 5) is 29.6. The highest BCUT2D eigenvalue weighted by atomic mass is 32.1. The number of methoxy groups -OCH3 is 1. The van der Waals surface area contributed by atoms with Crippen molar-refractivity contribution in [1.82, 2.24) is 10.3 Å². The van der Waals surface area contributed by atoms with Crippen molar-refractivity contribution < 1.29 is 23.8 Å². The van der Waals surface area contributed by atoms with Gasteiger partial charge in [-0.05, 0) is 45.9 Å². The molecule has 1 aromatic carbocycles. The third-order valence-electron chi connectivity index (χ3n) is 4.24. The minimum atomic E-state index is -0.661. The smallest absolute Gasteiger partial charge is 0.413 e. The second kappa shape index (κ2) is 10.1. The fraction of sp³-hybridized carbons (Fsp3) is 0.304. The number of nitrogens with zero attached hydrogens (tertiary/aromatic N) is 1. The molecule has 0 radical (unpaired) electrons. The van der Waals surface area contributed by atoms with E-state index in [2.05, 4.69) is 10.1 Å². The van der Waals surface area contributed by atoms with E-state index in [0.717, 1.165) is 26.7 Å². The lowest BCUT2D eigenvalue weighted by molar-refractivity contribution is -0.142. The molecule has 0 aliphatic heterocycles. The molecule has 10 heteroatoms. The summed E-state index contributed by atoms with van der Waals surface area (Å²) in [5.74, 6) is 0.0748. The fourth-order valence-corrected chi connectivity index (χ4v) is 4.65. The number of hydrogen-bond donors (Lipinski definition) is 2. The number of thiazole rings is 1. The number of rotatable bonds is 6. The van der Waals surface area contributed by atoms with Gasteiger partial charge in [0.1, 0.15) is 22.2 Å². The van der Waals surface area contributed by atoms with E-state index in [1.54, 1.807) is 26.8 Å². The quantitative estimate of drug-likeness (QED) is 0.279. The van der Waals surface area contributed by atoms with Crippen LogP contribution in [0.3, 0.4) is 0 Å². The second-order valence-electron chi connectivity index (χ2n) is 8.01. The largest absolute Gasteiger partial charge is 0.482 e. The van der Waals surface area contributed by atoms with Crippen molar-refractivity contribution in [2.45, 2.75) is 33.3 Å². The number of alkyl carbamates (subject to hydrolysis) is 1. The highest BCUT2D eigenvalue weighted by Gasteiger charge is 2.20.